The van der Waals surface area contributed by atoms with Crippen LogP contribution in [0.25, 0.3) is 0 Å². The molecule has 3 nitrogen and oxygen atoms in total. The van der Waals surface area contributed by atoms with Gasteiger partial charge < -0.3 is 9.47 Å². The molecule has 0 heterocycles. The van der Waals surface area contributed by atoms with Crippen molar-refractivity contribution in [2.45, 2.75) is 82.1 Å². The van der Waals surface area contributed by atoms with Gasteiger partial charge in [0.25, 0.3) is 0 Å². The van der Waals surface area contributed by atoms with E-state index in [0.717, 1.165) is 0 Å². The highest BCUT2D eigenvalue weighted by Crippen LogP contribution is 2.60. The van der Waals surface area contributed by atoms with E-state index in [4.69, 9.17) is 0 Å². The van der Waals surface area contributed by atoms with Crippen LogP contribution in [0.1, 0.15) is 52.9 Å². The van der Waals surface area contributed by atoms with Gasteiger partial charge in [0.15, 0.2) is 0 Å². The molecular weight excluding hydrogens is 373 g/mol. The van der Waals surface area contributed by atoms with Gasteiger partial charge >= 0.3 is 24.1 Å². The Morgan fingerprint density at radius 3 is 1.88 bits per heavy atom. The number of halogens is 7. The third kappa shape index (κ3) is 3.88. The zero-order chi connectivity index (χ0) is 20.2. The quantitative estimate of drug-likeness (QED) is 0.454. The highest BCUT2D eigenvalue weighted by Gasteiger charge is 2.77. The first kappa shape index (κ1) is 21.1. The van der Waals surface area contributed by atoms with E-state index in [-0.39, 0.29) is 18.8 Å². The number of rotatable bonds is 3. The SMILES string of the molecule is CC(C)(C)OC(=O)OC(CC1(F)CC2CCC1C2)(C(F)(F)F)C(F)(F)F. The second-order valence-electron chi connectivity index (χ2n) is 8.18. The monoisotopic (exact) mass is 394 g/mol. The smallest absolute Gasteiger partial charge is 0.429 e. The molecule has 2 aliphatic carbocycles. The van der Waals surface area contributed by atoms with Crippen molar-refractivity contribution in [1.82, 2.24) is 0 Å². The molecule has 0 N–H and O–H groups in total. The summed E-state index contributed by atoms with van der Waals surface area (Å²) < 4.78 is 104. The Hall–Kier alpha value is -1.22. The summed E-state index contributed by atoms with van der Waals surface area (Å²) in [4.78, 5) is 11.6. The number of hydrogen-bond acceptors (Lipinski definition) is 3. The fourth-order valence-corrected chi connectivity index (χ4v) is 3.93. The molecule has 0 aromatic rings. The van der Waals surface area contributed by atoms with E-state index < -0.39 is 54.1 Å². The van der Waals surface area contributed by atoms with Gasteiger partial charge in [-0.2, -0.15) is 26.3 Å². The summed E-state index contributed by atoms with van der Waals surface area (Å²) in [5, 5.41) is 0. The summed E-state index contributed by atoms with van der Waals surface area (Å²) in [6, 6.07) is 0. The second-order valence-corrected chi connectivity index (χ2v) is 8.18. The van der Waals surface area contributed by atoms with Crippen molar-refractivity contribution < 1.29 is 45.0 Å². The summed E-state index contributed by atoms with van der Waals surface area (Å²) in [5.74, 6) is -1.15. The molecule has 0 radical (unpaired) electrons. The summed E-state index contributed by atoms with van der Waals surface area (Å²) in [6.45, 7) is 3.76. The predicted octanol–water partition coefficient (Wildman–Crippen LogP) is 5.72. The molecule has 2 fully saturated rings. The number of carbonyl (C=O) groups is 1. The summed E-state index contributed by atoms with van der Waals surface area (Å²) in [6.07, 6.45) is -15.6. The first-order valence-corrected chi connectivity index (χ1v) is 8.23. The lowest BCUT2D eigenvalue weighted by Gasteiger charge is -2.42. The Labute approximate surface area is 146 Å². The van der Waals surface area contributed by atoms with Gasteiger partial charge in [0.2, 0.25) is 0 Å². The van der Waals surface area contributed by atoms with Crippen LogP contribution in [0, 0.1) is 11.8 Å². The molecule has 10 heteroatoms. The Bertz CT molecular complexity index is 536. The Morgan fingerprint density at radius 1 is 1.00 bits per heavy atom. The maximum absolute atomic E-state index is 15.1. The largest absolute Gasteiger partial charge is 0.510 e. The third-order valence-corrected chi connectivity index (χ3v) is 5.01. The molecule has 0 amide bonds. The average molecular weight is 394 g/mol. The Balaban J connectivity index is 2.39. The van der Waals surface area contributed by atoms with Crippen LogP contribution in [0.3, 0.4) is 0 Å². The summed E-state index contributed by atoms with van der Waals surface area (Å²) in [5.41, 5.74) is -9.03. The van der Waals surface area contributed by atoms with Crippen molar-refractivity contribution in [3.63, 3.8) is 0 Å². The van der Waals surface area contributed by atoms with Crippen molar-refractivity contribution in [3.8, 4) is 0 Å². The molecule has 3 atom stereocenters. The van der Waals surface area contributed by atoms with E-state index in [0.29, 0.717) is 6.42 Å². The van der Waals surface area contributed by atoms with Gasteiger partial charge in [-0.1, -0.05) is 0 Å². The molecule has 2 saturated carbocycles. The van der Waals surface area contributed by atoms with Gasteiger partial charge in [-0.3, -0.25) is 0 Å². The van der Waals surface area contributed by atoms with Gasteiger partial charge in [-0.05, 0) is 58.3 Å². The van der Waals surface area contributed by atoms with Gasteiger partial charge in [-0.25, -0.2) is 9.18 Å². The van der Waals surface area contributed by atoms with Crippen molar-refractivity contribution in [2.75, 3.05) is 0 Å². The van der Waals surface area contributed by atoms with Crippen LogP contribution in [-0.2, 0) is 9.47 Å². The molecule has 26 heavy (non-hydrogen) atoms. The third-order valence-electron chi connectivity index (χ3n) is 5.01. The number of carbonyl (C=O) groups excluding carboxylic acids is 1. The van der Waals surface area contributed by atoms with E-state index in [1.165, 1.54) is 20.8 Å². The summed E-state index contributed by atoms with van der Waals surface area (Å²) in [7, 11) is 0. The van der Waals surface area contributed by atoms with Crippen LogP contribution >= 0.6 is 0 Å². The number of fused-ring (bicyclic) bond motifs is 2. The lowest BCUT2D eigenvalue weighted by molar-refractivity contribution is -0.378. The fraction of sp³-hybridized carbons (Fsp3) is 0.938. The lowest BCUT2D eigenvalue weighted by atomic mass is 9.77. The van der Waals surface area contributed by atoms with Crippen molar-refractivity contribution in [2.24, 2.45) is 11.8 Å². The fourth-order valence-electron chi connectivity index (χ4n) is 3.93. The maximum Gasteiger partial charge on any atom is 0.510 e. The Morgan fingerprint density at radius 2 is 1.54 bits per heavy atom. The molecule has 0 aromatic heterocycles. The lowest BCUT2D eigenvalue weighted by Crippen LogP contribution is -2.63. The van der Waals surface area contributed by atoms with Crippen LogP contribution < -0.4 is 0 Å². The number of ether oxygens (including phenoxy) is 2. The zero-order valence-corrected chi connectivity index (χ0v) is 14.6. The van der Waals surface area contributed by atoms with Crippen LogP contribution in [0.4, 0.5) is 35.5 Å². The normalized spacial score (nSPS) is 29.8. The molecular formula is C16H21F7O3. The molecule has 0 saturated heterocycles. The highest BCUT2D eigenvalue weighted by atomic mass is 19.4. The first-order valence-electron chi connectivity index (χ1n) is 8.23. The van der Waals surface area contributed by atoms with Gasteiger partial charge in [0, 0.05) is 6.42 Å². The van der Waals surface area contributed by atoms with E-state index in [9.17, 15) is 31.1 Å². The van der Waals surface area contributed by atoms with E-state index in [2.05, 4.69) is 9.47 Å². The number of alkyl halides is 7. The van der Waals surface area contributed by atoms with Crippen LogP contribution in [0.15, 0.2) is 0 Å². The van der Waals surface area contributed by atoms with Crippen LogP contribution in [-0.4, -0.2) is 35.4 Å². The van der Waals surface area contributed by atoms with Crippen molar-refractivity contribution >= 4 is 6.16 Å². The van der Waals surface area contributed by atoms with Crippen LogP contribution in [0.5, 0.6) is 0 Å². The van der Waals surface area contributed by atoms with Crippen molar-refractivity contribution in [1.29, 1.82) is 0 Å². The van der Waals surface area contributed by atoms with E-state index in [1.54, 1.807) is 0 Å². The molecule has 3 unspecified atom stereocenters. The highest BCUT2D eigenvalue weighted by molar-refractivity contribution is 5.61. The predicted molar refractivity (Wildman–Crippen MR) is 76.1 cm³/mol. The molecule has 2 rings (SSSR count). The van der Waals surface area contributed by atoms with E-state index in [1.807, 2.05) is 0 Å². The van der Waals surface area contributed by atoms with Gasteiger partial charge in [0.1, 0.15) is 11.3 Å². The molecule has 2 bridgehead atoms. The standard InChI is InChI=1S/C16H21F7O3/c1-12(2,3)25-11(24)26-14(15(18,19)20,16(21,22)23)8-13(17)7-9-4-5-10(13)6-9/h9-10H,4-8H2,1-3H3. The van der Waals surface area contributed by atoms with Crippen molar-refractivity contribution in [3.05, 3.63) is 0 Å². The minimum atomic E-state index is -6.05. The molecule has 2 aliphatic rings. The molecule has 0 spiro atoms. The van der Waals surface area contributed by atoms with E-state index >= 15 is 4.39 Å². The minimum Gasteiger partial charge on any atom is -0.429 e. The molecule has 152 valence electrons. The average Bonchev–Trinajstić information content (AvgIpc) is 2.92. The molecule has 0 aromatic carbocycles. The minimum absolute atomic E-state index is 0.222. The molecule has 0 aliphatic heterocycles. The number of hydrogen-bond donors (Lipinski definition) is 0. The second kappa shape index (κ2) is 6.15. The summed E-state index contributed by atoms with van der Waals surface area (Å²) >= 11 is 0. The van der Waals surface area contributed by atoms with Gasteiger partial charge in [-0.15, -0.1) is 0 Å². The Kier molecular flexibility index (Phi) is 4.99. The van der Waals surface area contributed by atoms with Crippen LogP contribution in [0.2, 0.25) is 0 Å². The van der Waals surface area contributed by atoms with Gasteiger partial charge in [0.05, 0.1) is 0 Å². The topological polar surface area (TPSA) is 35.5 Å². The first-order chi connectivity index (χ1) is 11.5. The zero-order valence-electron chi connectivity index (χ0n) is 14.6. The maximum atomic E-state index is 15.1.